The number of benzene rings is 2. The molecule has 1 amide bonds. The Hall–Kier alpha value is -2.37. The average Bonchev–Trinajstić information content (AvgIpc) is 3.06. The molecule has 2 aromatic carbocycles. The van der Waals surface area contributed by atoms with Gasteiger partial charge in [-0.2, -0.15) is 0 Å². The number of hydrogen-bond acceptors (Lipinski definition) is 4. The summed E-state index contributed by atoms with van der Waals surface area (Å²) >= 11 is 7.42. The van der Waals surface area contributed by atoms with Gasteiger partial charge in [0, 0.05) is 27.0 Å². The lowest BCUT2D eigenvalue weighted by Gasteiger charge is -2.21. The maximum atomic E-state index is 13.0. The Bertz CT molecular complexity index is 904. The number of esters is 1. The van der Waals surface area contributed by atoms with Gasteiger partial charge in [-0.05, 0) is 23.8 Å². The number of hydrogen-bond donors (Lipinski definition) is 0. The second kappa shape index (κ2) is 7.68. The molecule has 0 N–H and O–H groups in total. The predicted molar refractivity (Wildman–Crippen MR) is 100 cm³/mol. The van der Waals surface area contributed by atoms with Gasteiger partial charge in [0.25, 0.3) is 5.91 Å². The number of carbonyl (C=O) groups excluding carboxylic acids is 2. The molecule has 1 heterocycles. The van der Waals surface area contributed by atoms with Crippen molar-refractivity contribution in [2.45, 2.75) is 6.54 Å². The van der Waals surface area contributed by atoms with E-state index in [-0.39, 0.29) is 12.5 Å². The van der Waals surface area contributed by atoms with E-state index >= 15 is 0 Å². The summed E-state index contributed by atoms with van der Waals surface area (Å²) in [5.74, 6) is -0.653. The number of nitrogens with zero attached hydrogens (tertiary/aromatic N) is 1. The molecule has 0 spiro atoms. The standard InChI is InChI=1S/C19H16ClNO3S/c1-24-18(22)11-21(10-13-6-8-14(20)9-7-13)19(23)16-12-25-17-5-3-2-4-15(16)17/h2-9,12H,10-11H2,1H3. The quantitative estimate of drug-likeness (QED) is 0.624. The first-order valence-corrected chi connectivity index (χ1v) is 8.91. The van der Waals surface area contributed by atoms with Crippen LogP contribution < -0.4 is 0 Å². The highest BCUT2D eigenvalue weighted by molar-refractivity contribution is 7.17. The smallest absolute Gasteiger partial charge is 0.325 e. The van der Waals surface area contributed by atoms with Crippen LogP contribution in [0.3, 0.4) is 0 Å². The molecule has 0 saturated heterocycles. The van der Waals surface area contributed by atoms with Gasteiger partial charge in [0.05, 0.1) is 12.7 Å². The molecule has 0 fully saturated rings. The van der Waals surface area contributed by atoms with Crippen LogP contribution in [0.4, 0.5) is 0 Å². The molecular weight excluding hydrogens is 358 g/mol. The Morgan fingerprint density at radius 2 is 1.84 bits per heavy atom. The van der Waals surface area contributed by atoms with E-state index in [4.69, 9.17) is 16.3 Å². The van der Waals surface area contributed by atoms with Crippen LogP contribution in [0.25, 0.3) is 10.1 Å². The van der Waals surface area contributed by atoms with Gasteiger partial charge in [0.15, 0.2) is 0 Å². The highest BCUT2D eigenvalue weighted by atomic mass is 35.5. The molecule has 4 nitrogen and oxygen atoms in total. The van der Waals surface area contributed by atoms with Gasteiger partial charge in [-0.1, -0.05) is 41.9 Å². The minimum atomic E-state index is -0.457. The lowest BCUT2D eigenvalue weighted by Crippen LogP contribution is -2.35. The molecule has 0 saturated carbocycles. The van der Waals surface area contributed by atoms with E-state index in [2.05, 4.69) is 0 Å². The summed E-state index contributed by atoms with van der Waals surface area (Å²) in [7, 11) is 1.31. The molecule has 0 bridgehead atoms. The minimum Gasteiger partial charge on any atom is -0.468 e. The first kappa shape index (κ1) is 17.5. The second-order valence-corrected chi connectivity index (χ2v) is 6.86. The minimum absolute atomic E-state index is 0.109. The molecule has 3 aromatic rings. The van der Waals surface area contributed by atoms with Crippen LogP contribution in [-0.4, -0.2) is 30.4 Å². The molecule has 3 rings (SSSR count). The van der Waals surface area contributed by atoms with Gasteiger partial charge < -0.3 is 9.64 Å². The molecule has 25 heavy (non-hydrogen) atoms. The van der Waals surface area contributed by atoms with E-state index in [1.54, 1.807) is 12.1 Å². The van der Waals surface area contributed by atoms with Gasteiger partial charge in [0.1, 0.15) is 6.54 Å². The Morgan fingerprint density at radius 3 is 2.56 bits per heavy atom. The van der Waals surface area contributed by atoms with E-state index < -0.39 is 5.97 Å². The van der Waals surface area contributed by atoms with Crippen LogP contribution in [0.5, 0.6) is 0 Å². The summed E-state index contributed by atoms with van der Waals surface area (Å²) in [6.07, 6.45) is 0. The highest BCUT2D eigenvalue weighted by Gasteiger charge is 2.22. The summed E-state index contributed by atoms with van der Waals surface area (Å²) in [4.78, 5) is 26.3. The Labute approximate surface area is 154 Å². The van der Waals surface area contributed by atoms with Gasteiger partial charge in [-0.25, -0.2) is 0 Å². The Kier molecular flexibility index (Phi) is 5.36. The van der Waals surface area contributed by atoms with Gasteiger partial charge in [-0.15, -0.1) is 11.3 Å². The Balaban J connectivity index is 1.91. The number of fused-ring (bicyclic) bond motifs is 1. The summed E-state index contributed by atoms with van der Waals surface area (Å²) in [6, 6.07) is 14.9. The van der Waals surface area contributed by atoms with Crippen LogP contribution in [0.2, 0.25) is 5.02 Å². The molecule has 0 unspecified atom stereocenters. The highest BCUT2D eigenvalue weighted by Crippen LogP contribution is 2.27. The predicted octanol–water partition coefficient (Wildman–Crippen LogP) is 4.37. The molecule has 6 heteroatoms. The molecular formula is C19H16ClNO3S. The van der Waals surface area contributed by atoms with Crippen molar-refractivity contribution in [3.8, 4) is 0 Å². The first-order chi connectivity index (χ1) is 12.1. The zero-order valence-electron chi connectivity index (χ0n) is 13.6. The third kappa shape index (κ3) is 4.00. The maximum absolute atomic E-state index is 13.0. The second-order valence-electron chi connectivity index (χ2n) is 5.51. The molecule has 0 aliphatic heterocycles. The van der Waals surface area contributed by atoms with Crippen molar-refractivity contribution in [1.29, 1.82) is 0 Å². The van der Waals surface area contributed by atoms with E-state index in [0.717, 1.165) is 15.6 Å². The van der Waals surface area contributed by atoms with Crippen molar-refractivity contribution < 1.29 is 14.3 Å². The number of amides is 1. The van der Waals surface area contributed by atoms with Crippen LogP contribution in [0, 0.1) is 0 Å². The largest absolute Gasteiger partial charge is 0.468 e. The van der Waals surface area contributed by atoms with Crippen LogP contribution in [0.15, 0.2) is 53.9 Å². The average molecular weight is 374 g/mol. The molecule has 128 valence electrons. The van der Waals surface area contributed by atoms with Crippen LogP contribution in [0.1, 0.15) is 15.9 Å². The number of rotatable bonds is 5. The zero-order chi connectivity index (χ0) is 17.8. The number of ether oxygens (including phenoxy) is 1. The maximum Gasteiger partial charge on any atom is 0.325 e. The molecule has 0 atom stereocenters. The summed E-state index contributed by atoms with van der Waals surface area (Å²) in [5.41, 5.74) is 1.49. The molecule has 0 aliphatic rings. The Morgan fingerprint density at radius 1 is 1.12 bits per heavy atom. The first-order valence-electron chi connectivity index (χ1n) is 7.65. The summed E-state index contributed by atoms with van der Waals surface area (Å²) < 4.78 is 5.78. The fourth-order valence-electron chi connectivity index (χ4n) is 2.54. The lowest BCUT2D eigenvalue weighted by molar-refractivity contribution is -0.141. The van der Waals surface area contributed by atoms with Crippen molar-refractivity contribution in [3.63, 3.8) is 0 Å². The third-order valence-electron chi connectivity index (χ3n) is 3.83. The van der Waals surface area contributed by atoms with Crippen LogP contribution in [-0.2, 0) is 16.1 Å². The summed E-state index contributed by atoms with van der Waals surface area (Å²) in [5, 5.41) is 3.35. The van der Waals surface area contributed by atoms with Crippen molar-refractivity contribution in [3.05, 3.63) is 70.1 Å². The lowest BCUT2D eigenvalue weighted by atomic mass is 10.1. The monoisotopic (exact) mass is 373 g/mol. The fourth-order valence-corrected chi connectivity index (χ4v) is 3.60. The number of halogens is 1. The molecule has 0 aliphatic carbocycles. The van der Waals surface area contributed by atoms with E-state index in [1.807, 2.05) is 41.8 Å². The summed E-state index contributed by atoms with van der Waals surface area (Å²) in [6.45, 7) is 0.192. The van der Waals surface area contributed by atoms with Crippen molar-refractivity contribution in [1.82, 2.24) is 4.90 Å². The normalized spacial score (nSPS) is 10.6. The van der Waals surface area contributed by atoms with E-state index in [0.29, 0.717) is 17.1 Å². The third-order valence-corrected chi connectivity index (χ3v) is 5.05. The molecule has 0 radical (unpaired) electrons. The van der Waals surface area contributed by atoms with Gasteiger partial charge >= 0.3 is 5.97 Å². The number of carbonyl (C=O) groups is 2. The number of methoxy groups -OCH3 is 1. The zero-order valence-corrected chi connectivity index (χ0v) is 15.1. The van der Waals surface area contributed by atoms with Crippen molar-refractivity contribution in [2.75, 3.05) is 13.7 Å². The van der Waals surface area contributed by atoms with Crippen LogP contribution >= 0.6 is 22.9 Å². The van der Waals surface area contributed by atoms with E-state index in [9.17, 15) is 9.59 Å². The molecule has 1 aromatic heterocycles. The topological polar surface area (TPSA) is 46.6 Å². The SMILES string of the molecule is COC(=O)CN(Cc1ccc(Cl)cc1)C(=O)c1csc2ccccc12. The van der Waals surface area contributed by atoms with Gasteiger partial charge in [0.2, 0.25) is 0 Å². The van der Waals surface area contributed by atoms with Crippen molar-refractivity contribution >= 4 is 44.9 Å². The fraction of sp³-hybridized carbons (Fsp3) is 0.158. The number of thiophene rings is 1. The van der Waals surface area contributed by atoms with Crippen molar-refractivity contribution in [2.24, 2.45) is 0 Å². The van der Waals surface area contributed by atoms with Gasteiger partial charge in [-0.3, -0.25) is 9.59 Å². The van der Waals surface area contributed by atoms with E-state index in [1.165, 1.54) is 23.3 Å².